The Kier molecular flexibility index (Phi) is 4.22. The molecule has 0 saturated heterocycles. The number of fused-ring (bicyclic) bond motifs is 2. The van der Waals surface area contributed by atoms with Crippen molar-refractivity contribution in [3.63, 3.8) is 0 Å². The van der Waals surface area contributed by atoms with Crippen LogP contribution in [0.2, 0.25) is 0 Å². The molecule has 0 aliphatic carbocycles. The summed E-state index contributed by atoms with van der Waals surface area (Å²) in [6.45, 7) is 6.53. The molecule has 138 valence electrons. The molecule has 4 nitrogen and oxygen atoms in total. The zero-order chi connectivity index (χ0) is 19.1. The number of aromatic nitrogens is 2. The van der Waals surface area contributed by atoms with E-state index in [-0.39, 0.29) is 18.1 Å². The quantitative estimate of drug-likeness (QED) is 0.489. The van der Waals surface area contributed by atoms with Gasteiger partial charge in [-0.1, -0.05) is 6.07 Å². The van der Waals surface area contributed by atoms with E-state index in [2.05, 4.69) is 35.2 Å². The van der Waals surface area contributed by atoms with E-state index in [0.717, 1.165) is 38.9 Å². The topological polar surface area (TPSA) is 60.7 Å². The largest absolute Gasteiger partial charge is 0.358 e. The van der Waals surface area contributed by atoms with Gasteiger partial charge >= 0.3 is 0 Å². The van der Waals surface area contributed by atoms with E-state index in [1.807, 2.05) is 19.1 Å². The third kappa shape index (κ3) is 3.21. The van der Waals surface area contributed by atoms with Gasteiger partial charge in [0, 0.05) is 39.7 Å². The second kappa shape index (κ2) is 6.58. The lowest BCUT2D eigenvalue weighted by Crippen LogP contribution is -2.24. The summed E-state index contributed by atoms with van der Waals surface area (Å²) < 4.78 is 13.6. The summed E-state index contributed by atoms with van der Waals surface area (Å²) in [7, 11) is 0. The summed E-state index contributed by atoms with van der Waals surface area (Å²) >= 11 is 0. The normalized spacial score (nSPS) is 11.4. The van der Waals surface area contributed by atoms with Gasteiger partial charge in [-0.2, -0.15) is 0 Å². The van der Waals surface area contributed by atoms with Crippen LogP contribution in [-0.4, -0.2) is 15.9 Å². The first-order chi connectivity index (χ1) is 12.9. The Bertz CT molecular complexity index is 1170. The number of carbonyl (C=O) groups excluding carboxylic acids is 1. The van der Waals surface area contributed by atoms with E-state index < -0.39 is 0 Å². The number of amides is 1. The number of hydrogen-bond donors (Lipinski definition) is 3. The molecule has 0 saturated carbocycles. The number of carbonyl (C=O) groups is 1. The third-order valence-electron chi connectivity index (χ3n) is 5.28. The molecule has 1 amide bonds. The standard InChI is InChI=1S/C22H22FN3O/c1-12-13(2)25-20-6-4-15(8-17(12)20)11-24-22(27)10-18-14(3)26-21-7-5-16(23)9-19(18)21/h4-9,25-26H,10-11H2,1-3H3,(H,24,27). The first-order valence-electron chi connectivity index (χ1n) is 9.03. The van der Waals surface area contributed by atoms with Gasteiger partial charge in [0.2, 0.25) is 5.91 Å². The minimum absolute atomic E-state index is 0.0784. The number of H-pyrrole nitrogens is 2. The summed E-state index contributed by atoms with van der Waals surface area (Å²) in [6.07, 6.45) is 0.222. The number of rotatable bonds is 4. The highest BCUT2D eigenvalue weighted by atomic mass is 19.1. The minimum Gasteiger partial charge on any atom is -0.358 e. The monoisotopic (exact) mass is 363 g/mol. The lowest BCUT2D eigenvalue weighted by Gasteiger charge is -2.07. The van der Waals surface area contributed by atoms with Crippen LogP contribution in [0.1, 0.15) is 28.1 Å². The fourth-order valence-corrected chi connectivity index (χ4v) is 3.62. The fraction of sp³-hybridized carbons (Fsp3) is 0.227. The summed E-state index contributed by atoms with van der Waals surface area (Å²) in [4.78, 5) is 19.0. The van der Waals surface area contributed by atoms with Crippen LogP contribution in [0, 0.1) is 26.6 Å². The summed E-state index contributed by atoms with van der Waals surface area (Å²) in [5.41, 5.74) is 7.14. The van der Waals surface area contributed by atoms with E-state index in [4.69, 9.17) is 0 Å². The van der Waals surface area contributed by atoms with Gasteiger partial charge in [0.1, 0.15) is 5.82 Å². The molecule has 5 heteroatoms. The van der Waals surface area contributed by atoms with Crippen molar-refractivity contribution in [1.82, 2.24) is 15.3 Å². The molecular weight excluding hydrogens is 341 g/mol. The van der Waals surface area contributed by atoms with Crippen LogP contribution < -0.4 is 5.32 Å². The Morgan fingerprint density at radius 1 is 0.963 bits per heavy atom. The fourth-order valence-electron chi connectivity index (χ4n) is 3.62. The molecule has 0 radical (unpaired) electrons. The number of aromatic amines is 2. The highest BCUT2D eigenvalue weighted by molar-refractivity contribution is 5.90. The SMILES string of the molecule is Cc1[nH]c2ccc(CNC(=O)Cc3c(C)[nH]c4ccc(F)cc34)cc2c1C. The van der Waals surface area contributed by atoms with E-state index in [0.29, 0.717) is 6.54 Å². The first-order valence-corrected chi connectivity index (χ1v) is 9.03. The number of nitrogens with one attached hydrogen (secondary N) is 3. The van der Waals surface area contributed by atoms with Crippen LogP contribution in [0.4, 0.5) is 4.39 Å². The molecule has 0 aliphatic heterocycles. The molecule has 27 heavy (non-hydrogen) atoms. The number of halogens is 1. The number of aryl methyl sites for hydroxylation is 3. The lowest BCUT2D eigenvalue weighted by atomic mass is 10.1. The average molecular weight is 363 g/mol. The zero-order valence-corrected chi connectivity index (χ0v) is 15.7. The molecule has 0 atom stereocenters. The van der Waals surface area contributed by atoms with Crippen LogP contribution in [0.5, 0.6) is 0 Å². The molecule has 4 aromatic rings. The van der Waals surface area contributed by atoms with Gasteiger partial charge in [-0.15, -0.1) is 0 Å². The molecule has 0 bridgehead atoms. The minimum atomic E-state index is -0.298. The van der Waals surface area contributed by atoms with Crippen LogP contribution >= 0.6 is 0 Å². The van der Waals surface area contributed by atoms with Crippen molar-refractivity contribution in [2.75, 3.05) is 0 Å². The predicted octanol–water partition coefficient (Wildman–Crippen LogP) is 4.57. The molecule has 3 N–H and O–H groups in total. The summed E-state index contributed by atoms with van der Waals surface area (Å²) in [5.74, 6) is -0.376. The maximum atomic E-state index is 13.6. The summed E-state index contributed by atoms with van der Waals surface area (Å²) in [5, 5.41) is 4.93. The third-order valence-corrected chi connectivity index (χ3v) is 5.28. The number of hydrogen-bond acceptors (Lipinski definition) is 1. The molecule has 0 fully saturated rings. The van der Waals surface area contributed by atoms with Crippen molar-refractivity contribution in [2.24, 2.45) is 0 Å². The Hall–Kier alpha value is -3.08. The van der Waals surface area contributed by atoms with Crippen LogP contribution in [-0.2, 0) is 17.8 Å². The maximum Gasteiger partial charge on any atom is 0.224 e. The molecule has 4 rings (SSSR count). The van der Waals surface area contributed by atoms with Crippen molar-refractivity contribution in [2.45, 2.75) is 33.7 Å². The lowest BCUT2D eigenvalue weighted by molar-refractivity contribution is -0.120. The first kappa shape index (κ1) is 17.3. The van der Waals surface area contributed by atoms with Gasteiger partial charge in [-0.05, 0) is 67.8 Å². The van der Waals surface area contributed by atoms with Crippen molar-refractivity contribution < 1.29 is 9.18 Å². The Morgan fingerprint density at radius 2 is 1.67 bits per heavy atom. The van der Waals surface area contributed by atoms with Crippen LogP contribution in [0.15, 0.2) is 36.4 Å². The second-order valence-corrected chi connectivity index (χ2v) is 7.13. The van der Waals surface area contributed by atoms with Gasteiger partial charge in [-0.3, -0.25) is 4.79 Å². The van der Waals surface area contributed by atoms with Crippen LogP contribution in [0.25, 0.3) is 21.8 Å². The molecule has 2 aromatic carbocycles. The van der Waals surface area contributed by atoms with Crippen LogP contribution in [0.3, 0.4) is 0 Å². The smallest absolute Gasteiger partial charge is 0.224 e. The van der Waals surface area contributed by atoms with E-state index in [1.165, 1.54) is 23.1 Å². The van der Waals surface area contributed by atoms with E-state index in [9.17, 15) is 9.18 Å². The van der Waals surface area contributed by atoms with Gasteiger partial charge in [0.15, 0.2) is 0 Å². The predicted molar refractivity (Wildman–Crippen MR) is 106 cm³/mol. The molecule has 2 aromatic heterocycles. The van der Waals surface area contributed by atoms with Gasteiger partial charge < -0.3 is 15.3 Å². The van der Waals surface area contributed by atoms with Crippen molar-refractivity contribution in [3.8, 4) is 0 Å². The van der Waals surface area contributed by atoms with Gasteiger partial charge in [-0.25, -0.2) is 4.39 Å². The highest BCUT2D eigenvalue weighted by Crippen LogP contribution is 2.24. The van der Waals surface area contributed by atoms with Gasteiger partial charge in [0.05, 0.1) is 6.42 Å². The average Bonchev–Trinajstić information content (AvgIpc) is 3.10. The molecule has 0 spiro atoms. The Labute approximate surface area is 156 Å². The molecular formula is C22H22FN3O. The number of benzene rings is 2. The van der Waals surface area contributed by atoms with E-state index in [1.54, 1.807) is 6.07 Å². The Morgan fingerprint density at radius 3 is 2.48 bits per heavy atom. The Balaban J connectivity index is 1.50. The second-order valence-electron chi connectivity index (χ2n) is 7.13. The van der Waals surface area contributed by atoms with Gasteiger partial charge in [0.25, 0.3) is 0 Å². The zero-order valence-electron chi connectivity index (χ0n) is 15.7. The van der Waals surface area contributed by atoms with Crippen molar-refractivity contribution in [3.05, 3.63) is 70.3 Å². The van der Waals surface area contributed by atoms with E-state index >= 15 is 0 Å². The summed E-state index contributed by atoms with van der Waals surface area (Å²) in [6, 6.07) is 10.8. The van der Waals surface area contributed by atoms with Crippen molar-refractivity contribution in [1.29, 1.82) is 0 Å². The van der Waals surface area contributed by atoms with Crippen molar-refractivity contribution >= 4 is 27.7 Å². The maximum absolute atomic E-state index is 13.6. The molecule has 2 heterocycles. The highest BCUT2D eigenvalue weighted by Gasteiger charge is 2.13. The molecule has 0 aliphatic rings. The molecule has 0 unspecified atom stereocenters.